The number of non-ortho nitro benzene ring substituents is 1. The van der Waals surface area contributed by atoms with Gasteiger partial charge in [-0.2, -0.15) is 0 Å². The maximum Gasteiger partial charge on any atom is 0.270 e. The predicted octanol–water partition coefficient (Wildman–Crippen LogP) is 1.98. The molecule has 2 rings (SSSR count). The maximum atomic E-state index is 12.0. The summed E-state index contributed by atoms with van der Waals surface area (Å²) in [5.74, 6) is 0. The van der Waals surface area contributed by atoms with Gasteiger partial charge in [0.15, 0.2) is 0 Å². The second-order valence-electron chi connectivity index (χ2n) is 3.39. The molecule has 0 saturated heterocycles. The summed E-state index contributed by atoms with van der Waals surface area (Å²) in [6.07, 6.45) is 0. The highest BCUT2D eigenvalue weighted by Gasteiger charge is 2.12. The van der Waals surface area contributed by atoms with Crippen LogP contribution < -0.4 is 5.56 Å². The third-order valence-corrected chi connectivity index (χ3v) is 2.71. The fourth-order valence-corrected chi connectivity index (χ4v) is 1.86. The number of nitrogens with zero attached hydrogens (tertiary/aromatic N) is 3. The molecule has 0 spiro atoms. The van der Waals surface area contributed by atoms with Gasteiger partial charge in [-0.1, -0.05) is 0 Å². The van der Waals surface area contributed by atoms with E-state index in [9.17, 15) is 14.9 Å². The molecule has 1 aromatic carbocycles. The van der Waals surface area contributed by atoms with Crippen molar-refractivity contribution in [3.8, 4) is 0 Å². The summed E-state index contributed by atoms with van der Waals surface area (Å²) < 4.78 is 1.26. The number of rotatable bonds is 2. The van der Waals surface area contributed by atoms with E-state index >= 15 is 0 Å². The topological polar surface area (TPSA) is 78.0 Å². The fraction of sp³-hybridized carbons (Fsp3) is 0.200. The number of fused-ring (bicyclic) bond motifs is 1. The predicted molar refractivity (Wildman–Crippen MR) is 63.3 cm³/mol. The number of hydrogen-bond acceptors (Lipinski definition) is 4. The number of benzene rings is 1. The molecule has 0 amide bonds. The van der Waals surface area contributed by atoms with Crippen molar-refractivity contribution in [1.29, 1.82) is 0 Å². The van der Waals surface area contributed by atoms with Gasteiger partial charge >= 0.3 is 0 Å². The van der Waals surface area contributed by atoms with Crippen molar-refractivity contribution in [2.75, 3.05) is 0 Å². The van der Waals surface area contributed by atoms with Gasteiger partial charge in [0.2, 0.25) is 5.28 Å². The lowest BCUT2D eigenvalue weighted by atomic mass is 10.2. The van der Waals surface area contributed by atoms with Crippen LogP contribution in [0.4, 0.5) is 5.69 Å². The molecule has 0 N–H and O–H groups in total. The van der Waals surface area contributed by atoms with Gasteiger partial charge in [-0.05, 0) is 24.6 Å². The Bertz CT molecular complexity index is 666. The molecule has 0 aliphatic rings. The molecular weight excluding hydrogens is 246 g/mol. The number of halogens is 1. The van der Waals surface area contributed by atoms with Crippen LogP contribution in [-0.4, -0.2) is 14.5 Å². The van der Waals surface area contributed by atoms with Crippen molar-refractivity contribution in [3.05, 3.63) is 44.0 Å². The average Bonchev–Trinajstić information content (AvgIpc) is 2.29. The molecular formula is C10H8ClN3O3. The molecule has 0 atom stereocenters. The normalized spacial score (nSPS) is 10.7. The van der Waals surface area contributed by atoms with Crippen LogP contribution in [0.5, 0.6) is 0 Å². The second kappa shape index (κ2) is 4.14. The summed E-state index contributed by atoms with van der Waals surface area (Å²) in [5, 5.41) is 10.9. The van der Waals surface area contributed by atoms with Gasteiger partial charge in [0, 0.05) is 18.7 Å². The van der Waals surface area contributed by atoms with E-state index in [2.05, 4.69) is 4.98 Å². The van der Waals surface area contributed by atoms with Crippen LogP contribution >= 0.6 is 11.6 Å². The van der Waals surface area contributed by atoms with Crippen molar-refractivity contribution in [2.45, 2.75) is 13.5 Å². The Morgan fingerprint density at radius 3 is 2.82 bits per heavy atom. The molecule has 6 nitrogen and oxygen atoms in total. The lowest BCUT2D eigenvalue weighted by Crippen LogP contribution is -2.21. The number of nitro benzene ring substituents is 1. The number of hydrogen-bond donors (Lipinski definition) is 0. The molecule has 0 aliphatic carbocycles. The first-order chi connectivity index (χ1) is 8.04. The largest absolute Gasteiger partial charge is 0.283 e. The molecule has 0 aliphatic heterocycles. The highest BCUT2D eigenvalue weighted by molar-refractivity contribution is 6.28. The highest BCUT2D eigenvalue weighted by Crippen LogP contribution is 2.18. The zero-order chi connectivity index (χ0) is 12.6. The quantitative estimate of drug-likeness (QED) is 0.466. The zero-order valence-corrected chi connectivity index (χ0v) is 9.64. The van der Waals surface area contributed by atoms with Crippen molar-refractivity contribution in [2.24, 2.45) is 0 Å². The van der Waals surface area contributed by atoms with E-state index in [1.54, 1.807) is 6.92 Å². The van der Waals surface area contributed by atoms with Crippen LogP contribution in [-0.2, 0) is 6.54 Å². The van der Waals surface area contributed by atoms with Crippen molar-refractivity contribution in [3.63, 3.8) is 0 Å². The number of nitro groups is 1. The Hall–Kier alpha value is -1.95. The molecule has 1 heterocycles. The van der Waals surface area contributed by atoms with Crippen LogP contribution in [0.2, 0.25) is 5.28 Å². The molecule has 0 radical (unpaired) electrons. The monoisotopic (exact) mass is 253 g/mol. The Balaban J connectivity index is 2.85. The van der Waals surface area contributed by atoms with Crippen LogP contribution in [0, 0.1) is 10.1 Å². The van der Waals surface area contributed by atoms with Gasteiger partial charge in [-0.3, -0.25) is 19.5 Å². The van der Waals surface area contributed by atoms with Crippen LogP contribution in [0.3, 0.4) is 0 Å². The second-order valence-corrected chi connectivity index (χ2v) is 3.73. The Labute approximate surface area is 101 Å². The van der Waals surface area contributed by atoms with Crippen LogP contribution in [0.1, 0.15) is 6.92 Å². The van der Waals surface area contributed by atoms with E-state index in [1.165, 1.54) is 22.8 Å². The molecule has 0 saturated carbocycles. The summed E-state index contributed by atoms with van der Waals surface area (Å²) in [4.78, 5) is 26.1. The van der Waals surface area contributed by atoms with Crippen LogP contribution in [0.25, 0.3) is 10.9 Å². The summed E-state index contributed by atoms with van der Waals surface area (Å²) in [5.41, 5.74) is -0.150. The molecule has 1 aromatic heterocycles. The van der Waals surface area contributed by atoms with Crippen molar-refractivity contribution >= 4 is 28.2 Å². The first-order valence-corrected chi connectivity index (χ1v) is 5.27. The molecule has 2 aromatic rings. The minimum Gasteiger partial charge on any atom is -0.283 e. The minimum atomic E-state index is -0.552. The highest BCUT2D eigenvalue weighted by atomic mass is 35.5. The molecule has 7 heteroatoms. The van der Waals surface area contributed by atoms with Gasteiger partial charge in [0.05, 0.1) is 15.8 Å². The molecule has 0 unspecified atom stereocenters. The van der Waals surface area contributed by atoms with E-state index in [1.807, 2.05) is 0 Å². The number of aromatic nitrogens is 2. The third kappa shape index (κ3) is 1.87. The van der Waals surface area contributed by atoms with Gasteiger partial charge in [-0.25, -0.2) is 4.98 Å². The maximum absolute atomic E-state index is 12.0. The first kappa shape index (κ1) is 11.5. The lowest BCUT2D eigenvalue weighted by Gasteiger charge is -2.05. The van der Waals surface area contributed by atoms with Gasteiger partial charge < -0.3 is 0 Å². The molecule has 17 heavy (non-hydrogen) atoms. The smallest absolute Gasteiger partial charge is 0.270 e. The van der Waals surface area contributed by atoms with Crippen LogP contribution in [0.15, 0.2) is 23.0 Å². The Morgan fingerprint density at radius 2 is 2.24 bits per heavy atom. The van der Waals surface area contributed by atoms with Crippen molar-refractivity contribution in [1.82, 2.24) is 9.55 Å². The summed E-state index contributed by atoms with van der Waals surface area (Å²) in [6.45, 7) is 2.11. The standard InChI is InChI=1S/C10H8ClN3O3/c1-2-13-9(15)7-5-6(14(16)17)3-4-8(7)12-10(13)11/h3-5H,2H2,1H3. The Kier molecular flexibility index (Phi) is 2.81. The minimum absolute atomic E-state index is 0.0823. The average molecular weight is 254 g/mol. The van der Waals surface area contributed by atoms with E-state index < -0.39 is 4.92 Å². The molecule has 88 valence electrons. The molecule has 0 fully saturated rings. The fourth-order valence-electron chi connectivity index (χ4n) is 1.57. The van der Waals surface area contributed by atoms with Gasteiger partial charge in [-0.15, -0.1) is 0 Å². The van der Waals surface area contributed by atoms with E-state index in [-0.39, 0.29) is 21.9 Å². The SMILES string of the molecule is CCn1c(Cl)nc2ccc([N+](=O)[O-])cc2c1=O. The lowest BCUT2D eigenvalue weighted by molar-refractivity contribution is -0.384. The van der Waals surface area contributed by atoms with Gasteiger partial charge in [0.25, 0.3) is 11.2 Å². The van der Waals surface area contributed by atoms with Crippen molar-refractivity contribution < 1.29 is 4.92 Å². The third-order valence-electron chi connectivity index (χ3n) is 2.42. The Morgan fingerprint density at radius 1 is 1.53 bits per heavy atom. The zero-order valence-electron chi connectivity index (χ0n) is 8.88. The van der Waals surface area contributed by atoms with Gasteiger partial charge in [0.1, 0.15) is 0 Å². The first-order valence-electron chi connectivity index (χ1n) is 4.89. The summed E-state index contributed by atoms with van der Waals surface area (Å²) in [6, 6.07) is 3.93. The van der Waals surface area contributed by atoms with E-state index in [4.69, 9.17) is 11.6 Å². The summed E-state index contributed by atoms with van der Waals surface area (Å²) >= 11 is 5.83. The van der Waals surface area contributed by atoms with E-state index in [0.717, 1.165) is 0 Å². The van der Waals surface area contributed by atoms with E-state index in [0.29, 0.717) is 12.1 Å². The molecule has 0 bridgehead atoms. The summed E-state index contributed by atoms with van der Waals surface area (Å²) in [7, 11) is 0.